The number of nitrogens with two attached hydrogens (primary N) is 1. The van der Waals surface area contributed by atoms with Crippen LogP contribution in [0.25, 0.3) is 0 Å². The number of hydrogen-bond acceptors (Lipinski definition) is 3. The molecule has 0 fully saturated rings. The van der Waals surface area contributed by atoms with E-state index in [1.165, 1.54) is 0 Å². The standard InChI is InChI=1S/C15H23BrN2O2.ClH/c1-11(20-13-7-5-12(16)6-8-13)14(19)18(4)10-15(2,3)9-17;/h5-8,11H,9-10,17H2,1-4H3;1H. The molecule has 0 aliphatic rings. The van der Waals surface area contributed by atoms with Crippen LogP contribution in [0.3, 0.4) is 0 Å². The van der Waals surface area contributed by atoms with Crippen molar-refractivity contribution in [3.63, 3.8) is 0 Å². The molecule has 6 heteroatoms. The highest BCUT2D eigenvalue weighted by Crippen LogP contribution is 2.19. The number of carbonyl (C=O) groups is 1. The van der Waals surface area contributed by atoms with E-state index in [-0.39, 0.29) is 23.7 Å². The molecule has 1 rings (SSSR count). The van der Waals surface area contributed by atoms with E-state index in [4.69, 9.17) is 10.5 Å². The number of rotatable bonds is 6. The molecule has 0 aliphatic carbocycles. The Morgan fingerprint density at radius 1 is 1.38 bits per heavy atom. The van der Waals surface area contributed by atoms with Crippen LogP contribution in [0, 0.1) is 5.41 Å². The molecule has 1 unspecified atom stereocenters. The van der Waals surface area contributed by atoms with Crippen LogP contribution in [0.2, 0.25) is 0 Å². The van der Waals surface area contributed by atoms with Crippen molar-refractivity contribution in [3.8, 4) is 5.75 Å². The molecule has 0 heterocycles. The van der Waals surface area contributed by atoms with E-state index < -0.39 is 6.10 Å². The lowest BCUT2D eigenvalue weighted by molar-refractivity contribution is -0.137. The van der Waals surface area contributed by atoms with Gasteiger partial charge in [-0.3, -0.25) is 4.79 Å². The number of halogens is 2. The van der Waals surface area contributed by atoms with Crippen molar-refractivity contribution >= 4 is 34.2 Å². The van der Waals surface area contributed by atoms with Gasteiger partial charge < -0.3 is 15.4 Å². The highest BCUT2D eigenvalue weighted by molar-refractivity contribution is 9.10. The number of hydrogen-bond donors (Lipinski definition) is 1. The summed E-state index contributed by atoms with van der Waals surface area (Å²) in [5, 5.41) is 0. The van der Waals surface area contributed by atoms with Crippen LogP contribution in [-0.4, -0.2) is 37.0 Å². The average Bonchev–Trinajstić information content (AvgIpc) is 2.40. The van der Waals surface area contributed by atoms with Crippen LogP contribution < -0.4 is 10.5 Å². The van der Waals surface area contributed by atoms with Gasteiger partial charge in [0.2, 0.25) is 0 Å². The van der Waals surface area contributed by atoms with Crippen LogP contribution in [0.4, 0.5) is 0 Å². The second kappa shape index (κ2) is 8.61. The lowest BCUT2D eigenvalue weighted by Gasteiger charge is -2.30. The monoisotopic (exact) mass is 378 g/mol. The van der Waals surface area contributed by atoms with Crippen molar-refractivity contribution < 1.29 is 9.53 Å². The van der Waals surface area contributed by atoms with E-state index in [1.807, 2.05) is 38.1 Å². The molecular formula is C15H24BrClN2O2. The fourth-order valence-electron chi connectivity index (χ4n) is 1.86. The van der Waals surface area contributed by atoms with Crippen LogP contribution in [0.1, 0.15) is 20.8 Å². The summed E-state index contributed by atoms with van der Waals surface area (Å²) < 4.78 is 6.63. The molecule has 0 aliphatic heterocycles. The second-order valence-electron chi connectivity index (χ2n) is 5.78. The molecule has 0 saturated carbocycles. The molecule has 0 spiro atoms. The Kier molecular flexibility index (Phi) is 8.29. The maximum Gasteiger partial charge on any atom is 0.263 e. The number of amides is 1. The predicted molar refractivity (Wildman–Crippen MR) is 92.0 cm³/mol. The van der Waals surface area contributed by atoms with Crippen molar-refractivity contribution in [3.05, 3.63) is 28.7 Å². The van der Waals surface area contributed by atoms with E-state index in [2.05, 4.69) is 15.9 Å². The van der Waals surface area contributed by atoms with Crippen LogP contribution in [-0.2, 0) is 4.79 Å². The van der Waals surface area contributed by atoms with Gasteiger partial charge in [-0.2, -0.15) is 0 Å². The summed E-state index contributed by atoms with van der Waals surface area (Å²) in [5.74, 6) is 0.634. The average molecular weight is 380 g/mol. The summed E-state index contributed by atoms with van der Waals surface area (Å²) >= 11 is 3.36. The van der Waals surface area contributed by atoms with Gasteiger partial charge in [0, 0.05) is 18.1 Å². The highest BCUT2D eigenvalue weighted by atomic mass is 79.9. The molecule has 1 atom stereocenters. The van der Waals surface area contributed by atoms with E-state index in [9.17, 15) is 4.79 Å². The third kappa shape index (κ3) is 6.68. The molecule has 0 radical (unpaired) electrons. The lowest BCUT2D eigenvalue weighted by atomic mass is 9.93. The minimum absolute atomic E-state index is 0. The Hall–Kier alpha value is -0.780. The predicted octanol–water partition coefficient (Wildman–Crippen LogP) is 3.08. The molecule has 4 nitrogen and oxygen atoms in total. The third-order valence-electron chi connectivity index (χ3n) is 3.07. The Bertz CT molecular complexity index is 451. The van der Waals surface area contributed by atoms with E-state index in [0.717, 1.165) is 4.47 Å². The minimum atomic E-state index is -0.519. The maximum atomic E-state index is 12.3. The van der Waals surface area contributed by atoms with Crippen molar-refractivity contribution in [1.29, 1.82) is 0 Å². The zero-order valence-corrected chi connectivity index (χ0v) is 15.3. The topological polar surface area (TPSA) is 55.6 Å². The molecule has 2 N–H and O–H groups in total. The van der Waals surface area contributed by atoms with Gasteiger partial charge in [0.25, 0.3) is 5.91 Å². The number of nitrogens with zero attached hydrogens (tertiary/aromatic N) is 1. The summed E-state index contributed by atoms with van der Waals surface area (Å²) in [7, 11) is 1.78. The van der Waals surface area contributed by atoms with E-state index in [1.54, 1.807) is 18.9 Å². The molecule has 0 saturated heterocycles. The lowest BCUT2D eigenvalue weighted by Crippen LogP contribution is -2.44. The molecule has 0 aromatic heterocycles. The van der Waals surface area contributed by atoms with Gasteiger partial charge in [-0.15, -0.1) is 12.4 Å². The van der Waals surface area contributed by atoms with Crippen molar-refractivity contribution in [2.24, 2.45) is 11.1 Å². The fraction of sp³-hybridized carbons (Fsp3) is 0.533. The summed E-state index contributed by atoms with van der Waals surface area (Å²) in [4.78, 5) is 13.9. The van der Waals surface area contributed by atoms with E-state index >= 15 is 0 Å². The van der Waals surface area contributed by atoms with Gasteiger partial charge in [-0.25, -0.2) is 0 Å². The number of ether oxygens (including phenoxy) is 1. The van der Waals surface area contributed by atoms with Gasteiger partial charge in [0.1, 0.15) is 5.75 Å². The van der Waals surface area contributed by atoms with Crippen molar-refractivity contribution in [2.75, 3.05) is 20.1 Å². The van der Waals surface area contributed by atoms with Crippen LogP contribution in [0.5, 0.6) is 5.75 Å². The summed E-state index contributed by atoms with van der Waals surface area (Å²) in [6, 6.07) is 7.43. The third-order valence-corrected chi connectivity index (χ3v) is 3.60. The SMILES string of the molecule is CC(Oc1ccc(Br)cc1)C(=O)N(C)CC(C)(C)CN.Cl. The first kappa shape index (κ1) is 20.2. The van der Waals surface area contributed by atoms with Gasteiger partial charge in [0.15, 0.2) is 6.10 Å². The first-order chi connectivity index (χ1) is 9.25. The quantitative estimate of drug-likeness (QED) is 0.826. The van der Waals surface area contributed by atoms with Gasteiger partial charge in [-0.05, 0) is 43.1 Å². The molecule has 0 bridgehead atoms. The van der Waals surface area contributed by atoms with Gasteiger partial charge in [0.05, 0.1) is 0 Å². The van der Waals surface area contributed by atoms with E-state index in [0.29, 0.717) is 18.8 Å². The maximum absolute atomic E-state index is 12.3. The summed E-state index contributed by atoms with van der Waals surface area (Å²) in [6.45, 7) is 6.98. The molecular weight excluding hydrogens is 356 g/mol. The molecule has 21 heavy (non-hydrogen) atoms. The molecule has 1 amide bonds. The summed E-state index contributed by atoms with van der Waals surface area (Å²) in [6.07, 6.45) is -0.519. The summed E-state index contributed by atoms with van der Waals surface area (Å²) in [5.41, 5.74) is 5.60. The second-order valence-corrected chi connectivity index (χ2v) is 6.69. The van der Waals surface area contributed by atoms with Crippen molar-refractivity contribution in [2.45, 2.75) is 26.9 Å². The zero-order valence-electron chi connectivity index (χ0n) is 12.9. The fourth-order valence-corrected chi connectivity index (χ4v) is 2.13. The smallest absolute Gasteiger partial charge is 0.263 e. The number of benzene rings is 1. The van der Waals surface area contributed by atoms with Gasteiger partial charge >= 0.3 is 0 Å². The first-order valence-electron chi connectivity index (χ1n) is 6.62. The number of likely N-dealkylation sites (N-methyl/N-ethyl adjacent to an activating group) is 1. The molecule has 120 valence electrons. The van der Waals surface area contributed by atoms with Crippen LogP contribution >= 0.6 is 28.3 Å². The molecule has 1 aromatic carbocycles. The Morgan fingerprint density at radius 3 is 2.38 bits per heavy atom. The van der Waals surface area contributed by atoms with Gasteiger partial charge in [-0.1, -0.05) is 29.8 Å². The van der Waals surface area contributed by atoms with Crippen LogP contribution in [0.15, 0.2) is 28.7 Å². The largest absolute Gasteiger partial charge is 0.481 e. The Morgan fingerprint density at radius 2 is 1.90 bits per heavy atom. The zero-order chi connectivity index (χ0) is 15.3. The first-order valence-corrected chi connectivity index (χ1v) is 7.42. The number of carbonyl (C=O) groups excluding carboxylic acids is 1. The Labute approximate surface area is 141 Å². The minimum Gasteiger partial charge on any atom is -0.481 e. The normalized spacial score (nSPS) is 12.3. The highest BCUT2D eigenvalue weighted by Gasteiger charge is 2.25. The Balaban J connectivity index is 0.00000400. The van der Waals surface area contributed by atoms with Crippen molar-refractivity contribution in [1.82, 2.24) is 4.90 Å². The molecule has 1 aromatic rings.